The van der Waals surface area contributed by atoms with Crippen LogP contribution in [0.3, 0.4) is 0 Å². The van der Waals surface area contributed by atoms with E-state index in [2.05, 4.69) is 5.32 Å². The van der Waals surface area contributed by atoms with Gasteiger partial charge in [0.15, 0.2) is 11.5 Å². The van der Waals surface area contributed by atoms with Crippen molar-refractivity contribution in [3.05, 3.63) is 53.1 Å². The molecule has 2 aromatic rings. The molecule has 166 valence electrons. The molecule has 1 aliphatic rings. The smallest absolute Gasteiger partial charge is 0.471 e. The van der Waals surface area contributed by atoms with Crippen molar-refractivity contribution in [1.82, 2.24) is 5.32 Å². The minimum absolute atomic E-state index is 0.0746. The molecule has 10 heteroatoms. The van der Waals surface area contributed by atoms with E-state index in [1.165, 1.54) is 26.4 Å². The van der Waals surface area contributed by atoms with E-state index in [0.29, 0.717) is 22.6 Å². The summed E-state index contributed by atoms with van der Waals surface area (Å²) < 4.78 is 54.2. The molecule has 2 N–H and O–H groups in total. The van der Waals surface area contributed by atoms with Gasteiger partial charge in [-0.3, -0.25) is 10.1 Å². The van der Waals surface area contributed by atoms with E-state index in [0.717, 1.165) is 5.56 Å². The third kappa shape index (κ3) is 5.01. The van der Waals surface area contributed by atoms with E-state index in [-0.39, 0.29) is 12.2 Å². The van der Waals surface area contributed by atoms with Gasteiger partial charge in [0.05, 0.1) is 20.3 Å². The lowest BCUT2D eigenvalue weighted by Gasteiger charge is -2.16. The molecule has 0 fully saturated rings. The molecular formula is C21H21F3N2O5. The van der Waals surface area contributed by atoms with Gasteiger partial charge in [0.1, 0.15) is 6.10 Å². The maximum Gasteiger partial charge on any atom is 0.471 e. The normalized spacial score (nSPS) is 17.5. The number of amides is 2. The van der Waals surface area contributed by atoms with Crippen LogP contribution < -0.4 is 20.1 Å². The number of ether oxygens (including phenoxy) is 3. The number of fused-ring (bicyclic) bond motifs is 1. The van der Waals surface area contributed by atoms with Crippen molar-refractivity contribution < 1.29 is 37.0 Å². The van der Waals surface area contributed by atoms with E-state index in [9.17, 15) is 22.8 Å². The molecule has 1 aliphatic carbocycles. The van der Waals surface area contributed by atoms with Crippen LogP contribution >= 0.6 is 0 Å². The Labute approximate surface area is 176 Å². The van der Waals surface area contributed by atoms with E-state index in [1.807, 2.05) is 12.2 Å². The Balaban J connectivity index is 1.85. The molecule has 31 heavy (non-hydrogen) atoms. The molecule has 0 heterocycles. The van der Waals surface area contributed by atoms with Gasteiger partial charge in [-0.15, -0.1) is 0 Å². The topological polar surface area (TPSA) is 85.9 Å². The second kappa shape index (κ2) is 8.75. The van der Waals surface area contributed by atoms with Crippen LogP contribution in [0.1, 0.15) is 35.3 Å². The minimum Gasteiger partial charge on any atom is -0.493 e. The first kappa shape index (κ1) is 22.3. The molecule has 0 aliphatic heterocycles. The molecule has 0 bridgehead atoms. The van der Waals surface area contributed by atoms with Crippen LogP contribution in [0.25, 0.3) is 0 Å². The minimum atomic E-state index is -5.04. The number of anilines is 1. The van der Waals surface area contributed by atoms with Crippen molar-refractivity contribution in [2.45, 2.75) is 31.7 Å². The first-order valence-electron chi connectivity index (χ1n) is 9.30. The summed E-state index contributed by atoms with van der Waals surface area (Å²) in [5, 5.41) is 4.52. The van der Waals surface area contributed by atoms with Gasteiger partial charge in [-0.1, -0.05) is 17.7 Å². The predicted molar refractivity (Wildman–Crippen MR) is 105 cm³/mol. The highest BCUT2D eigenvalue weighted by Gasteiger charge is 2.43. The zero-order chi connectivity index (χ0) is 22.8. The summed E-state index contributed by atoms with van der Waals surface area (Å²) in [6.45, 7) is 1.90. The molecule has 0 saturated carbocycles. The van der Waals surface area contributed by atoms with E-state index >= 15 is 0 Å². The van der Waals surface area contributed by atoms with Gasteiger partial charge < -0.3 is 19.5 Å². The molecule has 0 aromatic heterocycles. The molecule has 7 nitrogen and oxygen atoms in total. The molecule has 2 atom stereocenters. The molecule has 2 amide bonds. The van der Waals surface area contributed by atoms with Crippen molar-refractivity contribution in [2.75, 3.05) is 19.5 Å². The number of carbonyl (C=O) groups excluding carboxylic acids is 2. The quantitative estimate of drug-likeness (QED) is 0.722. The SMILES string of the molecule is COc1cc2c(cc1OC)[C@H](OC(=O)Nc1ccc(C)cc1)C[C@@H]2NC(=O)C(F)(F)F. The molecule has 3 rings (SSSR count). The fourth-order valence-electron chi connectivity index (χ4n) is 3.36. The monoisotopic (exact) mass is 438 g/mol. The molecule has 2 aromatic carbocycles. The first-order chi connectivity index (χ1) is 14.6. The number of benzene rings is 2. The van der Waals surface area contributed by atoms with Crippen molar-refractivity contribution >= 4 is 17.7 Å². The Hall–Kier alpha value is -3.43. The van der Waals surface area contributed by atoms with Gasteiger partial charge in [0, 0.05) is 17.7 Å². The highest BCUT2D eigenvalue weighted by atomic mass is 19.4. The summed E-state index contributed by atoms with van der Waals surface area (Å²) >= 11 is 0. The van der Waals surface area contributed by atoms with Gasteiger partial charge in [-0.25, -0.2) is 4.79 Å². The second-order valence-electron chi connectivity index (χ2n) is 6.98. The maximum atomic E-state index is 12.8. The lowest BCUT2D eigenvalue weighted by molar-refractivity contribution is -0.174. The lowest BCUT2D eigenvalue weighted by atomic mass is 10.1. The predicted octanol–water partition coefficient (Wildman–Crippen LogP) is 4.43. The molecular weight excluding hydrogens is 417 g/mol. The van der Waals surface area contributed by atoms with E-state index < -0.39 is 30.3 Å². The fraction of sp³-hybridized carbons (Fsp3) is 0.333. The lowest BCUT2D eigenvalue weighted by Crippen LogP contribution is -2.38. The van der Waals surface area contributed by atoms with Gasteiger partial charge in [0.2, 0.25) is 0 Å². The maximum absolute atomic E-state index is 12.8. The van der Waals surface area contributed by atoms with Gasteiger partial charge >= 0.3 is 18.2 Å². The number of rotatable bonds is 5. The second-order valence-corrected chi connectivity index (χ2v) is 6.98. The number of nitrogens with one attached hydrogen (secondary N) is 2. The van der Waals surface area contributed by atoms with Crippen LogP contribution in [0, 0.1) is 6.92 Å². The first-order valence-corrected chi connectivity index (χ1v) is 9.30. The molecule has 0 radical (unpaired) electrons. The van der Waals surface area contributed by atoms with Crippen LogP contribution in [0.5, 0.6) is 11.5 Å². The zero-order valence-corrected chi connectivity index (χ0v) is 17.0. The third-order valence-electron chi connectivity index (χ3n) is 4.87. The molecule has 0 spiro atoms. The molecule has 0 unspecified atom stereocenters. The fourth-order valence-corrected chi connectivity index (χ4v) is 3.36. The Morgan fingerprint density at radius 2 is 1.58 bits per heavy atom. The van der Waals surface area contributed by atoms with E-state index in [1.54, 1.807) is 24.3 Å². The standard InChI is InChI=1S/C21H21F3N2O5/c1-11-4-6-12(7-5-11)25-20(28)31-16-10-15(26-19(27)21(22,23)24)13-8-17(29-2)18(30-3)9-14(13)16/h4-9,15-16H,10H2,1-3H3,(H,25,28)(H,26,27)/t15-,16+/m0/s1. The van der Waals surface area contributed by atoms with Crippen molar-refractivity contribution in [3.63, 3.8) is 0 Å². The highest BCUT2D eigenvalue weighted by molar-refractivity contribution is 5.85. The van der Waals surface area contributed by atoms with Crippen molar-refractivity contribution in [2.24, 2.45) is 0 Å². The largest absolute Gasteiger partial charge is 0.493 e. The van der Waals surface area contributed by atoms with Crippen LogP contribution in [0.15, 0.2) is 36.4 Å². The summed E-state index contributed by atoms with van der Waals surface area (Å²) in [6, 6.07) is 8.97. The summed E-state index contributed by atoms with van der Waals surface area (Å²) in [6.07, 6.45) is -6.80. The van der Waals surface area contributed by atoms with Crippen LogP contribution in [-0.4, -0.2) is 32.4 Å². The zero-order valence-electron chi connectivity index (χ0n) is 17.0. The number of hydrogen-bond donors (Lipinski definition) is 2. The van der Waals surface area contributed by atoms with Crippen LogP contribution in [0.2, 0.25) is 0 Å². The summed E-state index contributed by atoms with van der Waals surface area (Å²) in [7, 11) is 2.79. The summed E-state index contributed by atoms with van der Waals surface area (Å²) in [5.74, 6) is -1.49. The number of methoxy groups -OCH3 is 2. The van der Waals surface area contributed by atoms with Gasteiger partial charge in [-0.05, 0) is 36.8 Å². The number of alkyl halides is 3. The Bertz CT molecular complexity index is 976. The Kier molecular flexibility index (Phi) is 6.28. The Morgan fingerprint density at radius 3 is 2.13 bits per heavy atom. The van der Waals surface area contributed by atoms with Crippen LogP contribution in [-0.2, 0) is 9.53 Å². The Morgan fingerprint density at radius 1 is 1.00 bits per heavy atom. The average molecular weight is 438 g/mol. The summed E-state index contributed by atoms with van der Waals surface area (Å²) in [4.78, 5) is 23.9. The number of aryl methyl sites for hydroxylation is 1. The number of hydrogen-bond acceptors (Lipinski definition) is 5. The van der Waals surface area contributed by atoms with Gasteiger partial charge in [-0.2, -0.15) is 13.2 Å². The van der Waals surface area contributed by atoms with E-state index in [4.69, 9.17) is 14.2 Å². The highest BCUT2D eigenvalue weighted by Crippen LogP contribution is 2.46. The molecule has 0 saturated heterocycles. The van der Waals surface area contributed by atoms with Crippen molar-refractivity contribution in [3.8, 4) is 11.5 Å². The average Bonchev–Trinajstić information content (AvgIpc) is 3.03. The number of carbonyl (C=O) groups is 2. The van der Waals surface area contributed by atoms with Gasteiger partial charge in [0.25, 0.3) is 0 Å². The number of halogens is 3. The van der Waals surface area contributed by atoms with Crippen LogP contribution in [0.4, 0.5) is 23.7 Å². The third-order valence-corrected chi connectivity index (χ3v) is 4.87. The summed E-state index contributed by atoms with van der Waals surface area (Å²) in [5.41, 5.74) is 2.28. The van der Waals surface area contributed by atoms with Crippen molar-refractivity contribution in [1.29, 1.82) is 0 Å².